The van der Waals surface area contributed by atoms with Crippen LogP contribution < -0.4 is 11.5 Å². The molecule has 5 nitrogen and oxygen atoms in total. The Morgan fingerprint density at radius 3 is 2.71 bits per heavy atom. The van der Waals surface area contributed by atoms with Gasteiger partial charge >= 0.3 is 0 Å². The number of rotatable bonds is 3. The van der Waals surface area contributed by atoms with E-state index in [4.69, 9.17) is 11.5 Å². The van der Waals surface area contributed by atoms with E-state index in [-0.39, 0.29) is 18.3 Å². The maximum Gasteiger partial charge on any atom is 0.269 e. The van der Waals surface area contributed by atoms with Crippen LogP contribution in [0.3, 0.4) is 0 Å². The van der Waals surface area contributed by atoms with Crippen molar-refractivity contribution in [3.05, 3.63) is 39.4 Å². The van der Waals surface area contributed by atoms with Gasteiger partial charge in [0.15, 0.2) is 0 Å². The first kappa shape index (κ1) is 10.6. The lowest BCUT2D eigenvalue weighted by molar-refractivity contribution is -0.384. The molecular formula is C9H13N3O2. The lowest BCUT2D eigenvalue weighted by Gasteiger charge is -2.11. The van der Waals surface area contributed by atoms with Crippen molar-refractivity contribution in [3.8, 4) is 0 Å². The van der Waals surface area contributed by atoms with E-state index in [0.29, 0.717) is 0 Å². The predicted octanol–water partition coefficient (Wildman–Crippen LogP) is 0.862. The van der Waals surface area contributed by atoms with E-state index in [0.717, 1.165) is 11.1 Å². The Labute approximate surface area is 81.9 Å². The Kier molecular flexibility index (Phi) is 3.16. The highest BCUT2D eigenvalue weighted by Crippen LogP contribution is 2.21. The number of benzene rings is 1. The van der Waals surface area contributed by atoms with Gasteiger partial charge < -0.3 is 11.5 Å². The minimum Gasteiger partial charge on any atom is -0.329 e. The van der Waals surface area contributed by atoms with Crippen molar-refractivity contribution >= 4 is 5.69 Å². The first-order chi connectivity index (χ1) is 6.56. The maximum atomic E-state index is 10.5. The molecule has 0 aliphatic rings. The molecule has 0 saturated heterocycles. The molecule has 4 N–H and O–H groups in total. The van der Waals surface area contributed by atoms with Crippen LogP contribution in [0.2, 0.25) is 0 Å². The maximum absolute atomic E-state index is 10.5. The summed E-state index contributed by atoms with van der Waals surface area (Å²) in [5.41, 5.74) is 12.8. The zero-order valence-electron chi connectivity index (χ0n) is 7.93. The highest BCUT2D eigenvalue weighted by molar-refractivity contribution is 5.40. The van der Waals surface area contributed by atoms with E-state index >= 15 is 0 Å². The molecule has 0 aliphatic heterocycles. The van der Waals surface area contributed by atoms with Crippen LogP contribution in [0.1, 0.15) is 17.2 Å². The molecule has 0 fully saturated rings. The van der Waals surface area contributed by atoms with Crippen LogP contribution in [0.4, 0.5) is 5.69 Å². The van der Waals surface area contributed by atoms with Crippen LogP contribution in [0.25, 0.3) is 0 Å². The van der Waals surface area contributed by atoms with Gasteiger partial charge in [0, 0.05) is 24.7 Å². The lowest BCUT2D eigenvalue weighted by atomic mass is 10.0. The van der Waals surface area contributed by atoms with Gasteiger partial charge in [0.25, 0.3) is 5.69 Å². The van der Waals surface area contributed by atoms with Crippen LogP contribution in [0.15, 0.2) is 18.2 Å². The Morgan fingerprint density at radius 1 is 1.57 bits per heavy atom. The molecule has 14 heavy (non-hydrogen) atoms. The average molecular weight is 195 g/mol. The Hall–Kier alpha value is -1.46. The Bertz CT molecular complexity index is 352. The molecule has 0 spiro atoms. The minimum absolute atomic E-state index is 0.0505. The summed E-state index contributed by atoms with van der Waals surface area (Å²) < 4.78 is 0. The van der Waals surface area contributed by atoms with E-state index in [9.17, 15) is 10.1 Å². The van der Waals surface area contributed by atoms with E-state index in [1.807, 2.05) is 6.92 Å². The summed E-state index contributed by atoms with van der Waals surface area (Å²) in [6.45, 7) is 2.14. The number of hydrogen-bond acceptors (Lipinski definition) is 4. The van der Waals surface area contributed by atoms with Gasteiger partial charge in [-0.1, -0.05) is 6.07 Å². The van der Waals surface area contributed by atoms with Crippen LogP contribution in [0, 0.1) is 17.0 Å². The Morgan fingerprint density at radius 2 is 2.21 bits per heavy atom. The molecule has 5 heteroatoms. The van der Waals surface area contributed by atoms with E-state index in [2.05, 4.69) is 0 Å². The number of nitro benzene ring substituents is 1. The highest BCUT2D eigenvalue weighted by Gasteiger charge is 2.12. The summed E-state index contributed by atoms with van der Waals surface area (Å²) >= 11 is 0. The predicted molar refractivity (Wildman–Crippen MR) is 53.8 cm³/mol. The third-order valence-electron chi connectivity index (χ3n) is 2.13. The number of nitro groups is 1. The molecule has 0 radical (unpaired) electrons. The van der Waals surface area contributed by atoms with Crippen LogP contribution >= 0.6 is 0 Å². The van der Waals surface area contributed by atoms with E-state index < -0.39 is 4.92 Å². The van der Waals surface area contributed by atoms with Crippen molar-refractivity contribution in [3.63, 3.8) is 0 Å². The highest BCUT2D eigenvalue weighted by atomic mass is 16.6. The van der Waals surface area contributed by atoms with Crippen molar-refractivity contribution in [1.82, 2.24) is 0 Å². The summed E-state index contributed by atoms with van der Waals surface area (Å²) in [7, 11) is 0. The summed E-state index contributed by atoms with van der Waals surface area (Å²) in [5, 5.41) is 10.5. The standard InChI is InChI=1S/C9H13N3O2/c1-6-2-3-7(12(13)14)4-8(6)9(11)5-10/h2-4,9H,5,10-11H2,1H3. The fourth-order valence-corrected chi connectivity index (χ4v) is 1.27. The zero-order chi connectivity index (χ0) is 10.7. The molecule has 1 unspecified atom stereocenters. The van der Waals surface area contributed by atoms with Crippen molar-refractivity contribution in [2.75, 3.05) is 6.54 Å². The van der Waals surface area contributed by atoms with Crippen molar-refractivity contribution in [1.29, 1.82) is 0 Å². The third-order valence-corrected chi connectivity index (χ3v) is 2.13. The molecule has 1 aromatic carbocycles. The minimum atomic E-state index is -0.438. The van der Waals surface area contributed by atoms with Gasteiger partial charge in [-0.3, -0.25) is 10.1 Å². The second-order valence-electron chi connectivity index (χ2n) is 3.14. The summed E-state index contributed by atoms with van der Waals surface area (Å²) in [6, 6.07) is 4.28. The van der Waals surface area contributed by atoms with E-state index in [1.165, 1.54) is 12.1 Å². The molecule has 0 aromatic heterocycles. The second kappa shape index (κ2) is 4.17. The molecule has 76 valence electrons. The van der Waals surface area contributed by atoms with Gasteiger partial charge in [-0.05, 0) is 18.1 Å². The van der Waals surface area contributed by atoms with Crippen LogP contribution in [0.5, 0.6) is 0 Å². The van der Waals surface area contributed by atoms with Crippen LogP contribution in [-0.2, 0) is 0 Å². The number of nitrogens with zero attached hydrogens (tertiary/aromatic N) is 1. The summed E-state index contributed by atoms with van der Waals surface area (Å²) in [6.07, 6.45) is 0. The first-order valence-corrected chi connectivity index (χ1v) is 4.27. The van der Waals surface area contributed by atoms with Crippen molar-refractivity contribution in [2.24, 2.45) is 11.5 Å². The number of hydrogen-bond donors (Lipinski definition) is 2. The van der Waals surface area contributed by atoms with Gasteiger partial charge in [0.2, 0.25) is 0 Å². The summed E-state index contributed by atoms with van der Waals surface area (Å²) in [5.74, 6) is 0. The topological polar surface area (TPSA) is 95.2 Å². The Balaban J connectivity index is 3.14. The molecule has 0 bridgehead atoms. The van der Waals surface area contributed by atoms with Crippen molar-refractivity contribution < 1.29 is 4.92 Å². The second-order valence-corrected chi connectivity index (χ2v) is 3.14. The first-order valence-electron chi connectivity index (χ1n) is 4.27. The molecule has 0 amide bonds. The number of non-ortho nitro benzene ring substituents is 1. The monoisotopic (exact) mass is 195 g/mol. The zero-order valence-corrected chi connectivity index (χ0v) is 7.93. The van der Waals surface area contributed by atoms with Gasteiger partial charge in [-0.15, -0.1) is 0 Å². The lowest BCUT2D eigenvalue weighted by Crippen LogP contribution is -2.21. The largest absolute Gasteiger partial charge is 0.329 e. The normalized spacial score (nSPS) is 12.5. The van der Waals surface area contributed by atoms with E-state index in [1.54, 1.807) is 6.07 Å². The third kappa shape index (κ3) is 2.07. The molecule has 1 rings (SSSR count). The molecule has 1 aromatic rings. The molecule has 1 atom stereocenters. The van der Waals surface area contributed by atoms with Gasteiger partial charge in [0.1, 0.15) is 0 Å². The summed E-state index contributed by atoms with van der Waals surface area (Å²) in [4.78, 5) is 10.1. The SMILES string of the molecule is Cc1ccc([N+](=O)[O-])cc1C(N)CN. The fourth-order valence-electron chi connectivity index (χ4n) is 1.27. The quantitative estimate of drug-likeness (QED) is 0.552. The smallest absolute Gasteiger partial charge is 0.269 e. The number of nitrogens with two attached hydrogens (primary N) is 2. The van der Waals surface area contributed by atoms with Gasteiger partial charge in [0.05, 0.1) is 4.92 Å². The van der Waals surface area contributed by atoms with Gasteiger partial charge in [-0.2, -0.15) is 0 Å². The average Bonchev–Trinajstić information content (AvgIpc) is 2.17. The van der Waals surface area contributed by atoms with Crippen LogP contribution in [-0.4, -0.2) is 11.5 Å². The van der Waals surface area contributed by atoms with Gasteiger partial charge in [-0.25, -0.2) is 0 Å². The van der Waals surface area contributed by atoms with Crippen molar-refractivity contribution in [2.45, 2.75) is 13.0 Å². The molecule has 0 heterocycles. The molecule has 0 saturated carbocycles. The molecular weight excluding hydrogens is 182 g/mol. The fraction of sp³-hybridized carbons (Fsp3) is 0.333. The molecule has 0 aliphatic carbocycles. The number of aryl methyl sites for hydroxylation is 1.